The SMILES string of the molecule is Cc1cc(C(C)(C)C)c(C)cc1-c1cc(=O)c2c(C(N)=O)nccc2[nH]1. The van der Waals surface area contributed by atoms with Crippen molar-refractivity contribution in [3.05, 3.63) is 63.1 Å². The number of carbonyl (C=O) groups excluding carboxylic acids is 1. The van der Waals surface area contributed by atoms with Crippen LogP contribution in [-0.2, 0) is 5.41 Å². The van der Waals surface area contributed by atoms with Gasteiger partial charge in [-0.15, -0.1) is 0 Å². The van der Waals surface area contributed by atoms with Gasteiger partial charge in [0.1, 0.15) is 5.69 Å². The number of rotatable bonds is 2. The third-order valence-corrected chi connectivity index (χ3v) is 4.65. The van der Waals surface area contributed by atoms with Gasteiger partial charge in [-0.25, -0.2) is 0 Å². The van der Waals surface area contributed by atoms with E-state index >= 15 is 0 Å². The van der Waals surface area contributed by atoms with Crippen molar-refractivity contribution in [3.63, 3.8) is 0 Å². The Hall–Kier alpha value is -2.95. The zero-order valence-corrected chi connectivity index (χ0v) is 15.7. The van der Waals surface area contributed by atoms with Crippen LogP contribution in [0.15, 0.2) is 35.3 Å². The van der Waals surface area contributed by atoms with Crippen LogP contribution in [-0.4, -0.2) is 15.9 Å². The smallest absolute Gasteiger partial charge is 0.268 e. The van der Waals surface area contributed by atoms with E-state index in [9.17, 15) is 9.59 Å². The molecule has 5 heteroatoms. The Kier molecular flexibility index (Phi) is 4.18. The van der Waals surface area contributed by atoms with Crippen LogP contribution in [0.4, 0.5) is 0 Å². The van der Waals surface area contributed by atoms with E-state index in [1.165, 1.54) is 23.4 Å². The average molecular weight is 349 g/mol. The second-order valence-electron chi connectivity index (χ2n) is 7.73. The van der Waals surface area contributed by atoms with Crippen LogP contribution in [0.2, 0.25) is 0 Å². The lowest BCUT2D eigenvalue weighted by Crippen LogP contribution is -2.18. The Balaban J connectivity index is 2.26. The zero-order valence-electron chi connectivity index (χ0n) is 15.7. The predicted molar refractivity (Wildman–Crippen MR) is 104 cm³/mol. The van der Waals surface area contributed by atoms with Gasteiger partial charge < -0.3 is 10.7 Å². The standard InChI is InChI=1S/C21H23N3O2/c1-11-9-14(21(3,4)5)12(2)8-13(11)16-10-17(25)18-15(24-16)6-7-23-19(18)20(22)26/h6-10H,1-5H3,(H2,22,26)(H,24,25). The number of aromatic nitrogens is 2. The van der Waals surface area contributed by atoms with E-state index in [2.05, 4.69) is 49.8 Å². The monoisotopic (exact) mass is 349 g/mol. The molecule has 5 nitrogen and oxygen atoms in total. The maximum absolute atomic E-state index is 12.7. The first kappa shape index (κ1) is 17.9. The lowest BCUT2D eigenvalue weighted by molar-refractivity contribution is 0.0997. The van der Waals surface area contributed by atoms with Gasteiger partial charge >= 0.3 is 0 Å². The molecule has 1 amide bonds. The number of fused-ring (bicyclic) bond motifs is 1. The molecule has 0 atom stereocenters. The Morgan fingerprint density at radius 3 is 2.42 bits per heavy atom. The Bertz CT molecular complexity index is 1090. The van der Waals surface area contributed by atoms with Crippen LogP contribution in [0.1, 0.15) is 48.0 Å². The normalized spacial score (nSPS) is 11.7. The summed E-state index contributed by atoms with van der Waals surface area (Å²) < 4.78 is 0. The van der Waals surface area contributed by atoms with Crippen molar-refractivity contribution in [1.82, 2.24) is 9.97 Å². The number of carbonyl (C=O) groups is 1. The van der Waals surface area contributed by atoms with Crippen molar-refractivity contribution in [1.29, 1.82) is 0 Å². The van der Waals surface area contributed by atoms with Crippen LogP contribution in [0, 0.1) is 13.8 Å². The molecule has 0 aliphatic rings. The number of H-pyrrole nitrogens is 1. The van der Waals surface area contributed by atoms with E-state index in [0.717, 1.165) is 11.1 Å². The molecule has 0 saturated carbocycles. The fraction of sp³-hybridized carbons (Fsp3) is 0.286. The Morgan fingerprint density at radius 2 is 1.81 bits per heavy atom. The number of hydrogen-bond acceptors (Lipinski definition) is 3. The van der Waals surface area contributed by atoms with E-state index in [1.54, 1.807) is 6.07 Å². The highest BCUT2D eigenvalue weighted by Crippen LogP contribution is 2.32. The number of nitrogens with zero attached hydrogens (tertiary/aromatic N) is 1. The van der Waals surface area contributed by atoms with Gasteiger partial charge in [0.2, 0.25) is 0 Å². The molecule has 0 bridgehead atoms. The fourth-order valence-corrected chi connectivity index (χ4v) is 3.45. The summed E-state index contributed by atoms with van der Waals surface area (Å²) in [6.45, 7) is 10.7. The molecule has 134 valence electrons. The van der Waals surface area contributed by atoms with E-state index < -0.39 is 5.91 Å². The molecule has 0 aliphatic carbocycles. The first-order valence-electron chi connectivity index (χ1n) is 8.53. The molecule has 0 aliphatic heterocycles. The molecule has 3 N–H and O–H groups in total. The van der Waals surface area contributed by atoms with E-state index in [4.69, 9.17) is 5.73 Å². The molecule has 0 radical (unpaired) electrons. The Labute approximate surface area is 152 Å². The van der Waals surface area contributed by atoms with E-state index in [0.29, 0.717) is 11.2 Å². The van der Waals surface area contributed by atoms with Gasteiger partial charge in [-0.1, -0.05) is 26.8 Å². The van der Waals surface area contributed by atoms with Gasteiger partial charge in [0.25, 0.3) is 5.91 Å². The third kappa shape index (κ3) is 3.01. The summed E-state index contributed by atoms with van der Waals surface area (Å²) in [5, 5.41) is 0.226. The quantitative estimate of drug-likeness (QED) is 0.741. The number of primary amides is 1. The summed E-state index contributed by atoms with van der Waals surface area (Å²) in [7, 11) is 0. The second kappa shape index (κ2) is 6.09. The van der Waals surface area contributed by atoms with Gasteiger partial charge in [-0.2, -0.15) is 0 Å². The topological polar surface area (TPSA) is 88.8 Å². The molecule has 3 rings (SSSR count). The lowest BCUT2D eigenvalue weighted by Gasteiger charge is -2.23. The van der Waals surface area contributed by atoms with Gasteiger partial charge in [0.05, 0.1) is 10.9 Å². The summed E-state index contributed by atoms with van der Waals surface area (Å²) in [5.74, 6) is -0.713. The minimum atomic E-state index is -0.713. The minimum absolute atomic E-state index is 0.00807. The number of benzene rings is 1. The lowest BCUT2D eigenvalue weighted by atomic mass is 9.82. The van der Waals surface area contributed by atoms with Crippen LogP contribution < -0.4 is 11.2 Å². The van der Waals surface area contributed by atoms with Crippen molar-refractivity contribution in [2.75, 3.05) is 0 Å². The minimum Gasteiger partial charge on any atom is -0.364 e. The van der Waals surface area contributed by atoms with Crippen molar-refractivity contribution in [2.24, 2.45) is 5.73 Å². The highest BCUT2D eigenvalue weighted by atomic mass is 16.1. The average Bonchev–Trinajstić information content (AvgIpc) is 2.54. The molecular formula is C21H23N3O2. The van der Waals surface area contributed by atoms with Gasteiger partial charge in [0, 0.05) is 23.5 Å². The molecular weight excluding hydrogens is 326 g/mol. The van der Waals surface area contributed by atoms with Crippen molar-refractivity contribution >= 4 is 16.8 Å². The Morgan fingerprint density at radius 1 is 1.12 bits per heavy atom. The molecule has 0 spiro atoms. The van der Waals surface area contributed by atoms with E-state index in [-0.39, 0.29) is 21.9 Å². The molecule has 0 saturated heterocycles. The molecule has 3 aromatic rings. The molecule has 1 aromatic carbocycles. The van der Waals surface area contributed by atoms with Crippen LogP contribution >= 0.6 is 0 Å². The number of amides is 1. The van der Waals surface area contributed by atoms with Crippen molar-refractivity contribution in [2.45, 2.75) is 40.0 Å². The summed E-state index contributed by atoms with van der Waals surface area (Å²) in [5.41, 5.74) is 10.9. The van der Waals surface area contributed by atoms with Crippen LogP contribution in [0.25, 0.3) is 22.2 Å². The van der Waals surface area contributed by atoms with Gasteiger partial charge in [-0.3, -0.25) is 14.6 Å². The summed E-state index contributed by atoms with van der Waals surface area (Å²) in [4.78, 5) is 31.4. The molecule has 2 heterocycles. The molecule has 0 unspecified atom stereocenters. The highest BCUT2D eigenvalue weighted by molar-refractivity contribution is 6.03. The second-order valence-corrected chi connectivity index (χ2v) is 7.73. The van der Waals surface area contributed by atoms with Crippen molar-refractivity contribution < 1.29 is 4.79 Å². The summed E-state index contributed by atoms with van der Waals surface area (Å²) in [6, 6.07) is 7.46. The maximum Gasteiger partial charge on any atom is 0.268 e. The molecule has 2 aromatic heterocycles. The first-order valence-corrected chi connectivity index (χ1v) is 8.53. The van der Waals surface area contributed by atoms with Gasteiger partial charge in [-0.05, 0) is 48.1 Å². The van der Waals surface area contributed by atoms with Crippen LogP contribution in [0.3, 0.4) is 0 Å². The number of hydrogen-bond donors (Lipinski definition) is 2. The zero-order chi connectivity index (χ0) is 19.2. The third-order valence-electron chi connectivity index (χ3n) is 4.65. The number of nitrogens with two attached hydrogens (primary N) is 1. The van der Waals surface area contributed by atoms with Gasteiger partial charge in [0.15, 0.2) is 5.43 Å². The number of aromatic amines is 1. The first-order chi connectivity index (χ1) is 12.1. The van der Waals surface area contributed by atoms with Crippen LogP contribution in [0.5, 0.6) is 0 Å². The number of pyridine rings is 2. The molecule has 0 fully saturated rings. The van der Waals surface area contributed by atoms with Crippen molar-refractivity contribution in [3.8, 4) is 11.3 Å². The summed E-state index contributed by atoms with van der Waals surface area (Å²) >= 11 is 0. The van der Waals surface area contributed by atoms with E-state index in [1.807, 2.05) is 6.92 Å². The summed E-state index contributed by atoms with van der Waals surface area (Å²) in [6.07, 6.45) is 1.48. The molecule has 26 heavy (non-hydrogen) atoms. The number of nitrogens with one attached hydrogen (secondary N) is 1. The fourth-order valence-electron chi connectivity index (χ4n) is 3.45. The predicted octanol–water partition coefficient (Wildman–Crippen LogP) is 3.60. The maximum atomic E-state index is 12.7. The highest BCUT2D eigenvalue weighted by Gasteiger charge is 2.19. The largest absolute Gasteiger partial charge is 0.364 e. The number of aryl methyl sites for hydroxylation is 2.